The highest BCUT2D eigenvalue weighted by Crippen LogP contribution is 2.19. The van der Waals surface area contributed by atoms with Crippen LogP contribution in [-0.2, 0) is 6.61 Å². The molecule has 0 heterocycles. The number of hydrazone groups is 1. The van der Waals surface area contributed by atoms with Gasteiger partial charge in [-0.3, -0.25) is 4.79 Å². The summed E-state index contributed by atoms with van der Waals surface area (Å²) in [5.74, 6) is 1.33. The number of carbonyl (C=O) groups is 1. The highest BCUT2D eigenvalue weighted by Gasteiger charge is 2.06. The van der Waals surface area contributed by atoms with Gasteiger partial charge in [-0.2, -0.15) is 5.10 Å². The summed E-state index contributed by atoms with van der Waals surface area (Å²) < 4.78 is 11.2. The Morgan fingerprint density at radius 2 is 1.48 bits per heavy atom. The summed E-state index contributed by atoms with van der Waals surface area (Å²) >= 11 is 0. The molecule has 3 rings (SSSR count). The minimum absolute atomic E-state index is 0.252. The number of nitrogens with zero attached hydrogens (tertiary/aromatic N) is 1. The second kappa shape index (κ2) is 10.4. The SMILES string of the molecule is CCOc1ccc(OCc2ccc(C(=O)N/N=C\c3c(C)cc(C)cc3C)cc2)cc1. The Labute approximate surface area is 183 Å². The Morgan fingerprint density at radius 3 is 2.06 bits per heavy atom. The fourth-order valence-electron chi connectivity index (χ4n) is 3.33. The van der Waals surface area contributed by atoms with Crippen molar-refractivity contribution in [3.8, 4) is 11.5 Å². The van der Waals surface area contributed by atoms with Gasteiger partial charge in [0.15, 0.2) is 0 Å². The summed E-state index contributed by atoms with van der Waals surface area (Å²) in [6.07, 6.45) is 1.70. The molecular formula is C26H28N2O3. The Balaban J connectivity index is 1.54. The molecule has 0 aliphatic carbocycles. The molecule has 3 aromatic carbocycles. The lowest BCUT2D eigenvalue weighted by Gasteiger charge is -2.08. The molecule has 0 fully saturated rings. The zero-order valence-electron chi connectivity index (χ0n) is 18.4. The zero-order valence-corrected chi connectivity index (χ0v) is 18.4. The smallest absolute Gasteiger partial charge is 0.271 e. The third-order valence-electron chi connectivity index (χ3n) is 4.85. The van der Waals surface area contributed by atoms with Gasteiger partial charge in [0, 0.05) is 11.1 Å². The number of carbonyl (C=O) groups excluding carboxylic acids is 1. The molecule has 0 unspecified atom stereocenters. The van der Waals surface area contributed by atoms with Crippen LogP contribution in [0.1, 0.15) is 45.1 Å². The van der Waals surface area contributed by atoms with E-state index in [1.807, 2.05) is 57.2 Å². The quantitative estimate of drug-likeness (QED) is 0.398. The molecule has 0 radical (unpaired) electrons. The average Bonchev–Trinajstić information content (AvgIpc) is 2.75. The predicted octanol–water partition coefficient (Wildman–Crippen LogP) is 5.35. The van der Waals surface area contributed by atoms with E-state index in [-0.39, 0.29) is 5.91 Å². The van der Waals surface area contributed by atoms with Crippen molar-refractivity contribution in [2.75, 3.05) is 6.61 Å². The zero-order chi connectivity index (χ0) is 22.2. The van der Waals surface area contributed by atoms with Gasteiger partial charge in [-0.25, -0.2) is 5.43 Å². The molecule has 160 valence electrons. The Bertz CT molecular complexity index is 1030. The van der Waals surface area contributed by atoms with E-state index in [1.165, 1.54) is 5.56 Å². The summed E-state index contributed by atoms with van der Waals surface area (Å²) in [5.41, 5.74) is 8.61. The number of aryl methyl sites for hydroxylation is 3. The third-order valence-corrected chi connectivity index (χ3v) is 4.85. The second-order valence-corrected chi connectivity index (χ2v) is 7.40. The van der Waals surface area contributed by atoms with Crippen LogP contribution in [0.25, 0.3) is 0 Å². The van der Waals surface area contributed by atoms with E-state index in [9.17, 15) is 4.79 Å². The molecule has 0 bridgehead atoms. The molecule has 31 heavy (non-hydrogen) atoms. The summed E-state index contributed by atoms with van der Waals surface area (Å²) in [4.78, 5) is 12.4. The van der Waals surface area contributed by atoms with E-state index in [2.05, 4.69) is 29.6 Å². The number of amides is 1. The first-order valence-electron chi connectivity index (χ1n) is 10.3. The van der Waals surface area contributed by atoms with Gasteiger partial charge in [0.1, 0.15) is 18.1 Å². The molecule has 0 aliphatic heterocycles. The Kier molecular flexibility index (Phi) is 7.44. The van der Waals surface area contributed by atoms with Crippen LogP contribution in [0.3, 0.4) is 0 Å². The summed E-state index contributed by atoms with van der Waals surface area (Å²) in [7, 11) is 0. The van der Waals surface area contributed by atoms with Gasteiger partial charge in [0.25, 0.3) is 5.91 Å². The molecule has 0 saturated heterocycles. The van der Waals surface area contributed by atoms with E-state index in [1.54, 1.807) is 18.3 Å². The van der Waals surface area contributed by atoms with E-state index in [0.717, 1.165) is 33.8 Å². The Hall–Kier alpha value is -3.60. The largest absolute Gasteiger partial charge is 0.494 e. The molecule has 0 aliphatic rings. The molecule has 0 atom stereocenters. The lowest BCUT2D eigenvalue weighted by atomic mass is 10.0. The van der Waals surface area contributed by atoms with Crippen LogP contribution in [0, 0.1) is 20.8 Å². The van der Waals surface area contributed by atoms with E-state index >= 15 is 0 Å². The maximum Gasteiger partial charge on any atom is 0.271 e. The van der Waals surface area contributed by atoms with Crippen LogP contribution in [0.4, 0.5) is 0 Å². The number of nitrogens with one attached hydrogen (secondary N) is 1. The third kappa shape index (κ3) is 6.19. The molecule has 5 heteroatoms. The molecule has 3 aromatic rings. The Morgan fingerprint density at radius 1 is 0.903 bits per heavy atom. The standard InChI is InChI=1S/C26H28N2O3/c1-5-30-23-10-12-24(13-11-23)31-17-21-6-8-22(9-7-21)26(29)28-27-16-25-19(3)14-18(2)15-20(25)4/h6-16H,5,17H2,1-4H3,(H,28,29)/b27-16-. The van der Waals surface area contributed by atoms with Gasteiger partial charge in [-0.1, -0.05) is 29.8 Å². The number of benzene rings is 3. The average molecular weight is 417 g/mol. The van der Waals surface area contributed by atoms with Crippen LogP contribution in [0.15, 0.2) is 65.8 Å². The molecular weight excluding hydrogens is 388 g/mol. The minimum atomic E-state index is -0.252. The van der Waals surface area contributed by atoms with Crippen LogP contribution in [0.5, 0.6) is 11.5 Å². The highest BCUT2D eigenvalue weighted by atomic mass is 16.5. The number of hydrogen-bond donors (Lipinski definition) is 1. The van der Waals surface area contributed by atoms with E-state index in [4.69, 9.17) is 9.47 Å². The first kappa shape index (κ1) is 22.1. The molecule has 0 saturated carbocycles. The molecule has 1 amide bonds. The van der Waals surface area contributed by atoms with Crippen molar-refractivity contribution < 1.29 is 14.3 Å². The topological polar surface area (TPSA) is 59.9 Å². The van der Waals surface area contributed by atoms with Gasteiger partial charge in [-0.15, -0.1) is 0 Å². The van der Waals surface area contributed by atoms with Crippen LogP contribution < -0.4 is 14.9 Å². The number of hydrogen-bond acceptors (Lipinski definition) is 4. The lowest BCUT2D eigenvalue weighted by molar-refractivity contribution is 0.0955. The number of rotatable bonds is 8. The highest BCUT2D eigenvalue weighted by molar-refractivity contribution is 5.95. The first-order chi connectivity index (χ1) is 15.0. The predicted molar refractivity (Wildman–Crippen MR) is 124 cm³/mol. The minimum Gasteiger partial charge on any atom is -0.494 e. The second-order valence-electron chi connectivity index (χ2n) is 7.40. The summed E-state index contributed by atoms with van der Waals surface area (Å²) in [5, 5.41) is 4.13. The van der Waals surface area contributed by atoms with Crippen molar-refractivity contribution in [1.29, 1.82) is 0 Å². The van der Waals surface area contributed by atoms with Crippen molar-refractivity contribution in [2.45, 2.75) is 34.3 Å². The van der Waals surface area contributed by atoms with Gasteiger partial charge in [-0.05, 0) is 80.8 Å². The van der Waals surface area contributed by atoms with Gasteiger partial charge >= 0.3 is 0 Å². The molecule has 0 spiro atoms. The van der Waals surface area contributed by atoms with Crippen molar-refractivity contribution in [1.82, 2.24) is 5.43 Å². The van der Waals surface area contributed by atoms with Crippen LogP contribution in [-0.4, -0.2) is 18.7 Å². The fraction of sp³-hybridized carbons (Fsp3) is 0.231. The number of ether oxygens (including phenoxy) is 2. The molecule has 0 aromatic heterocycles. The molecule has 1 N–H and O–H groups in total. The molecule has 5 nitrogen and oxygen atoms in total. The van der Waals surface area contributed by atoms with Crippen molar-refractivity contribution in [3.05, 3.63) is 94.0 Å². The van der Waals surface area contributed by atoms with Gasteiger partial charge in [0.2, 0.25) is 0 Å². The van der Waals surface area contributed by atoms with E-state index < -0.39 is 0 Å². The normalized spacial score (nSPS) is 10.8. The maximum atomic E-state index is 12.4. The maximum absolute atomic E-state index is 12.4. The summed E-state index contributed by atoms with van der Waals surface area (Å²) in [6, 6.07) is 19.0. The monoisotopic (exact) mass is 416 g/mol. The van der Waals surface area contributed by atoms with Crippen LogP contribution in [0.2, 0.25) is 0 Å². The van der Waals surface area contributed by atoms with Crippen LogP contribution >= 0.6 is 0 Å². The van der Waals surface area contributed by atoms with E-state index in [0.29, 0.717) is 18.8 Å². The van der Waals surface area contributed by atoms with Gasteiger partial charge < -0.3 is 9.47 Å². The van der Waals surface area contributed by atoms with Crippen molar-refractivity contribution >= 4 is 12.1 Å². The van der Waals surface area contributed by atoms with Crippen molar-refractivity contribution in [2.24, 2.45) is 5.10 Å². The first-order valence-corrected chi connectivity index (χ1v) is 10.3. The summed E-state index contributed by atoms with van der Waals surface area (Å²) in [6.45, 7) is 9.15. The van der Waals surface area contributed by atoms with Crippen molar-refractivity contribution in [3.63, 3.8) is 0 Å². The fourth-order valence-corrected chi connectivity index (χ4v) is 3.33. The van der Waals surface area contributed by atoms with Gasteiger partial charge in [0.05, 0.1) is 12.8 Å². The lowest BCUT2D eigenvalue weighted by Crippen LogP contribution is -2.17.